The van der Waals surface area contributed by atoms with Crippen LogP contribution in [0.15, 0.2) is 24.3 Å². The summed E-state index contributed by atoms with van der Waals surface area (Å²) in [5.74, 6) is -0.672. The minimum absolute atomic E-state index is 0.126. The molecule has 0 radical (unpaired) electrons. The number of amides is 3. The lowest BCUT2D eigenvalue weighted by molar-refractivity contribution is -0.149. The van der Waals surface area contributed by atoms with Gasteiger partial charge in [0, 0.05) is 19.6 Å². The number of nitrogens with one attached hydrogen (secondary N) is 1. The number of anilines is 1. The van der Waals surface area contributed by atoms with Crippen molar-refractivity contribution >= 4 is 23.4 Å². The summed E-state index contributed by atoms with van der Waals surface area (Å²) in [5, 5.41) is 2.59. The van der Waals surface area contributed by atoms with Crippen LogP contribution < -0.4 is 15.0 Å². The number of likely N-dealkylation sites (N-methyl/N-ethyl adjacent to an activating group) is 1. The molecule has 0 aromatic heterocycles. The van der Waals surface area contributed by atoms with Crippen LogP contribution in [0.5, 0.6) is 5.75 Å². The summed E-state index contributed by atoms with van der Waals surface area (Å²) in [6.07, 6.45) is 3.10. The Labute approximate surface area is 153 Å². The Kier molecular flexibility index (Phi) is 5.15. The first kappa shape index (κ1) is 18.2. The molecule has 0 bridgehead atoms. The van der Waals surface area contributed by atoms with E-state index < -0.39 is 17.4 Å². The molecular weight excluding hydrogens is 334 g/mol. The topological polar surface area (TPSA) is 79.0 Å². The Bertz CT molecular complexity index is 714. The zero-order valence-electron chi connectivity index (χ0n) is 15.3. The van der Waals surface area contributed by atoms with Gasteiger partial charge in [-0.15, -0.1) is 0 Å². The zero-order valence-corrected chi connectivity index (χ0v) is 15.3. The van der Waals surface area contributed by atoms with Crippen LogP contribution in [-0.2, 0) is 14.4 Å². The van der Waals surface area contributed by atoms with Gasteiger partial charge in [0.25, 0.3) is 17.4 Å². The van der Waals surface area contributed by atoms with Crippen LogP contribution in [-0.4, -0.2) is 54.4 Å². The predicted octanol–water partition coefficient (Wildman–Crippen LogP) is 1.32. The number of rotatable bonds is 4. The van der Waals surface area contributed by atoms with Gasteiger partial charge in [0.1, 0.15) is 5.75 Å². The second-order valence-corrected chi connectivity index (χ2v) is 6.78. The molecule has 26 heavy (non-hydrogen) atoms. The van der Waals surface area contributed by atoms with Crippen molar-refractivity contribution in [3.8, 4) is 5.75 Å². The Hall–Kier alpha value is -2.57. The first-order valence-electron chi connectivity index (χ1n) is 9.13. The maximum atomic E-state index is 12.9. The average molecular weight is 359 g/mol. The number of fused-ring (bicyclic) bond motifs is 1. The van der Waals surface area contributed by atoms with E-state index in [0.29, 0.717) is 18.0 Å². The van der Waals surface area contributed by atoms with E-state index in [0.717, 1.165) is 32.4 Å². The van der Waals surface area contributed by atoms with Crippen molar-refractivity contribution in [2.75, 3.05) is 31.1 Å². The molecule has 0 saturated carbocycles. The molecule has 2 heterocycles. The van der Waals surface area contributed by atoms with E-state index in [2.05, 4.69) is 5.32 Å². The van der Waals surface area contributed by atoms with E-state index in [1.54, 1.807) is 23.1 Å². The lowest BCUT2D eigenvalue weighted by Crippen LogP contribution is -2.63. The minimum atomic E-state index is -1.69. The maximum absolute atomic E-state index is 12.9. The van der Waals surface area contributed by atoms with E-state index in [9.17, 15) is 14.4 Å². The third-order valence-electron chi connectivity index (χ3n) is 4.98. The third kappa shape index (κ3) is 3.25. The monoisotopic (exact) mass is 359 g/mol. The van der Waals surface area contributed by atoms with Gasteiger partial charge in [0.2, 0.25) is 5.91 Å². The Morgan fingerprint density at radius 2 is 1.88 bits per heavy atom. The number of likely N-dealkylation sites (tertiary alicyclic amines) is 1. The van der Waals surface area contributed by atoms with Crippen molar-refractivity contribution in [2.45, 2.75) is 38.7 Å². The van der Waals surface area contributed by atoms with E-state index in [-0.39, 0.29) is 12.5 Å². The van der Waals surface area contributed by atoms with Crippen molar-refractivity contribution in [3.05, 3.63) is 24.3 Å². The fraction of sp³-hybridized carbons (Fsp3) is 0.526. The van der Waals surface area contributed by atoms with Gasteiger partial charge in [-0.25, -0.2) is 0 Å². The molecule has 1 unspecified atom stereocenters. The highest BCUT2D eigenvalue weighted by molar-refractivity contribution is 6.16. The number of hydrogen-bond donors (Lipinski definition) is 1. The van der Waals surface area contributed by atoms with Crippen molar-refractivity contribution in [1.29, 1.82) is 0 Å². The van der Waals surface area contributed by atoms with Crippen LogP contribution in [0.4, 0.5) is 5.69 Å². The standard InChI is InChI=1S/C19H25N3O4/c1-3-22-14-9-5-6-10-15(14)26-19(2,18(22)25)17(24)20-13-16(23)21-11-7-4-8-12-21/h5-6,9-10H,3-4,7-8,11-13H2,1-2H3,(H,20,24). The summed E-state index contributed by atoms with van der Waals surface area (Å²) in [4.78, 5) is 41.2. The highest BCUT2D eigenvalue weighted by Gasteiger charge is 2.50. The van der Waals surface area contributed by atoms with E-state index in [4.69, 9.17) is 4.74 Å². The summed E-state index contributed by atoms with van der Waals surface area (Å²) in [7, 11) is 0. The average Bonchev–Trinajstić information content (AvgIpc) is 2.67. The smallest absolute Gasteiger partial charge is 0.280 e. The number of carbonyl (C=O) groups is 3. The molecule has 1 aromatic rings. The molecule has 1 atom stereocenters. The molecule has 3 rings (SSSR count). The quantitative estimate of drug-likeness (QED) is 0.823. The van der Waals surface area contributed by atoms with Crippen LogP contribution in [0.3, 0.4) is 0 Å². The molecular formula is C19H25N3O4. The third-order valence-corrected chi connectivity index (χ3v) is 4.98. The van der Waals surface area contributed by atoms with Crippen LogP contribution in [0.1, 0.15) is 33.1 Å². The van der Waals surface area contributed by atoms with Crippen molar-refractivity contribution in [2.24, 2.45) is 0 Å². The van der Waals surface area contributed by atoms with Gasteiger partial charge in [0.05, 0.1) is 12.2 Å². The van der Waals surface area contributed by atoms with Crippen molar-refractivity contribution in [1.82, 2.24) is 10.2 Å². The molecule has 7 heteroatoms. The minimum Gasteiger partial charge on any atom is -0.466 e. The van der Waals surface area contributed by atoms with Gasteiger partial charge < -0.3 is 19.9 Å². The molecule has 2 aliphatic rings. The van der Waals surface area contributed by atoms with E-state index in [1.807, 2.05) is 13.0 Å². The molecule has 0 spiro atoms. The first-order valence-corrected chi connectivity index (χ1v) is 9.13. The lowest BCUT2D eigenvalue weighted by atomic mass is 10.00. The molecule has 1 saturated heterocycles. The number of ether oxygens (including phenoxy) is 1. The summed E-state index contributed by atoms with van der Waals surface area (Å²) in [6, 6.07) is 7.13. The molecule has 0 aliphatic carbocycles. The number of benzene rings is 1. The fourth-order valence-corrected chi connectivity index (χ4v) is 3.43. The van der Waals surface area contributed by atoms with E-state index in [1.165, 1.54) is 11.8 Å². The molecule has 3 amide bonds. The second kappa shape index (κ2) is 7.35. The fourth-order valence-electron chi connectivity index (χ4n) is 3.43. The van der Waals surface area contributed by atoms with Gasteiger partial charge in [-0.2, -0.15) is 0 Å². The molecule has 1 aromatic carbocycles. The van der Waals surface area contributed by atoms with Gasteiger partial charge in [-0.1, -0.05) is 12.1 Å². The summed E-state index contributed by atoms with van der Waals surface area (Å²) in [5.41, 5.74) is -1.04. The van der Waals surface area contributed by atoms with Gasteiger partial charge in [0.15, 0.2) is 0 Å². The van der Waals surface area contributed by atoms with Crippen LogP contribution in [0.25, 0.3) is 0 Å². The summed E-state index contributed by atoms with van der Waals surface area (Å²) in [6.45, 7) is 5.04. The largest absolute Gasteiger partial charge is 0.466 e. The SMILES string of the molecule is CCN1C(=O)C(C)(C(=O)NCC(=O)N2CCCCC2)Oc2ccccc21. The molecule has 1 N–H and O–H groups in total. The van der Waals surface area contributed by atoms with Crippen molar-refractivity contribution < 1.29 is 19.1 Å². The number of carbonyl (C=O) groups excluding carboxylic acids is 3. The first-order chi connectivity index (χ1) is 12.5. The summed E-state index contributed by atoms with van der Waals surface area (Å²) < 4.78 is 5.78. The molecule has 140 valence electrons. The van der Waals surface area contributed by atoms with Gasteiger partial charge in [-0.05, 0) is 45.2 Å². The van der Waals surface area contributed by atoms with Crippen LogP contribution >= 0.6 is 0 Å². The molecule has 2 aliphatic heterocycles. The number of piperidine rings is 1. The lowest BCUT2D eigenvalue weighted by Gasteiger charge is -2.39. The van der Waals surface area contributed by atoms with Gasteiger partial charge >= 0.3 is 0 Å². The van der Waals surface area contributed by atoms with Crippen LogP contribution in [0.2, 0.25) is 0 Å². The molecule has 1 fully saturated rings. The van der Waals surface area contributed by atoms with Crippen LogP contribution in [0, 0.1) is 0 Å². The summed E-state index contributed by atoms with van der Waals surface area (Å²) >= 11 is 0. The molecule has 7 nitrogen and oxygen atoms in total. The van der Waals surface area contributed by atoms with E-state index >= 15 is 0 Å². The maximum Gasteiger partial charge on any atom is 0.280 e. The number of nitrogens with zero attached hydrogens (tertiary/aromatic N) is 2. The Morgan fingerprint density at radius 1 is 1.19 bits per heavy atom. The number of hydrogen-bond acceptors (Lipinski definition) is 4. The Balaban J connectivity index is 1.71. The van der Waals surface area contributed by atoms with Gasteiger partial charge in [-0.3, -0.25) is 14.4 Å². The highest BCUT2D eigenvalue weighted by atomic mass is 16.5. The second-order valence-electron chi connectivity index (χ2n) is 6.78. The number of para-hydroxylation sites is 2. The van der Waals surface area contributed by atoms with Crippen molar-refractivity contribution in [3.63, 3.8) is 0 Å². The normalized spacial score (nSPS) is 22.5. The zero-order chi connectivity index (χ0) is 18.7. The predicted molar refractivity (Wildman–Crippen MR) is 96.9 cm³/mol. The highest BCUT2D eigenvalue weighted by Crippen LogP contribution is 2.37. The Morgan fingerprint density at radius 3 is 2.58 bits per heavy atom.